The van der Waals surface area contributed by atoms with Gasteiger partial charge in [-0.05, 0) is 66.4 Å². The fourth-order valence-electron chi connectivity index (χ4n) is 3.71. The Morgan fingerprint density at radius 1 is 0.544 bits per heavy atom. The van der Waals surface area contributed by atoms with Crippen LogP contribution in [0.2, 0.25) is 30.1 Å². The molecule has 0 amide bonds. The third kappa shape index (κ3) is 14.2. The van der Waals surface area contributed by atoms with Gasteiger partial charge in [0.25, 0.3) is 0 Å². The van der Waals surface area contributed by atoms with E-state index in [-0.39, 0.29) is 30.1 Å². The van der Waals surface area contributed by atoms with Crippen molar-refractivity contribution < 1.29 is 79.4 Å². The minimum atomic E-state index is -5.22. The van der Waals surface area contributed by atoms with E-state index in [0.717, 1.165) is 49.6 Å². The van der Waals surface area contributed by atoms with Gasteiger partial charge >= 0.3 is 30.5 Å². The normalized spacial score (nSPS) is 14.2. The maximum absolute atomic E-state index is 13.0. The molecule has 308 valence electrons. The molecule has 0 heterocycles. The summed E-state index contributed by atoms with van der Waals surface area (Å²) >= 11 is 33.4. The van der Waals surface area contributed by atoms with Crippen molar-refractivity contribution in [1.82, 2.24) is 0 Å². The Balaban J connectivity index is 0.000000428. The largest absolute Gasteiger partial charge is 0.472 e. The van der Waals surface area contributed by atoms with E-state index in [2.05, 4.69) is 4.74 Å². The van der Waals surface area contributed by atoms with Crippen LogP contribution in [0.4, 0.5) is 39.5 Å². The minimum absolute atomic E-state index is 0.0639. The van der Waals surface area contributed by atoms with Gasteiger partial charge in [0.15, 0.2) is 0 Å². The molecular formula is C34H19Cl6F9O8. The second-order valence-corrected chi connectivity index (χ2v) is 13.0. The number of carbonyl (C=O) groups is 2. The summed E-state index contributed by atoms with van der Waals surface area (Å²) in [5.41, 5.74) is -12.7. The van der Waals surface area contributed by atoms with Crippen molar-refractivity contribution in [2.75, 3.05) is 13.7 Å². The monoisotopic (exact) mass is 936 g/mol. The standard InChI is InChI=1S/C12H7Cl2F3O3.C11H5Cl2F3O3.C11H7Cl2F3O2/c1-20-10(18)2-3-11(19,12(15,16)17)7-4-8(13)6-9(14)5-7;12-7-3-6(4-8(13)5-7)10(19,11(14,15)16)2-1-9(17)18;12-8-4-7(5-9(13)6-8)10(18,2-1-3-17)11(14,15)16/h4-6,19H,1H3;3-5,19H,(H,17,18);4-6,17-18H,3H2. The van der Waals surface area contributed by atoms with E-state index in [4.69, 9.17) is 79.8 Å². The van der Waals surface area contributed by atoms with Gasteiger partial charge in [-0.3, -0.25) is 0 Å². The van der Waals surface area contributed by atoms with Crippen molar-refractivity contribution in [3.63, 3.8) is 0 Å². The molecule has 3 unspecified atom stereocenters. The van der Waals surface area contributed by atoms with Crippen LogP contribution in [0.1, 0.15) is 16.7 Å². The highest BCUT2D eigenvalue weighted by Crippen LogP contribution is 2.42. The number of methoxy groups -OCH3 is 1. The smallest absolute Gasteiger partial charge is 0.433 e. The summed E-state index contributed by atoms with van der Waals surface area (Å²) in [6, 6.07) is 8.71. The highest BCUT2D eigenvalue weighted by atomic mass is 35.5. The number of carboxylic acids is 1. The van der Waals surface area contributed by atoms with Crippen molar-refractivity contribution in [1.29, 1.82) is 0 Å². The molecule has 0 aliphatic heterocycles. The number of esters is 1. The Bertz CT molecular complexity index is 2090. The lowest BCUT2D eigenvalue weighted by molar-refractivity contribution is -0.241. The van der Waals surface area contributed by atoms with Crippen LogP contribution in [0.3, 0.4) is 0 Å². The Labute approximate surface area is 345 Å². The summed E-state index contributed by atoms with van der Waals surface area (Å²) in [6.07, 6.45) is -15.4. The number of hydrogen-bond donors (Lipinski definition) is 5. The van der Waals surface area contributed by atoms with Crippen LogP contribution < -0.4 is 0 Å². The lowest BCUT2D eigenvalue weighted by Crippen LogP contribution is -2.41. The van der Waals surface area contributed by atoms with Gasteiger partial charge < -0.3 is 30.3 Å². The zero-order chi connectivity index (χ0) is 44.4. The first-order valence-corrected chi connectivity index (χ1v) is 16.4. The molecule has 0 spiro atoms. The fourth-order valence-corrected chi connectivity index (χ4v) is 5.29. The van der Waals surface area contributed by atoms with Gasteiger partial charge in [0.2, 0.25) is 16.8 Å². The minimum Gasteiger partial charge on any atom is -0.472 e. The number of halogens is 15. The number of aliphatic hydroxyl groups is 4. The van der Waals surface area contributed by atoms with E-state index in [1.165, 1.54) is 29.9 Å². The van der Waals surface area contributed by atoms with Gasteiger partial charge in [0, 0.05) is 58.7 Å². The molecule has 8 nitrogen and oxygen atoms in total. The Morgan fingerprint density at radius 3 is 1.04 bits per heavy atom. The topological polar surface area (TPSA) is 145 Å². The summed E-state index contributed by atoms with van der Waals surface area (Å²) in [5, 5.41) is 45.2. The number of benzene rings is 3. The van der Waals surface area contributed by atoms with Crippen LogP contribution in [0, 0.1) is 35.5 Å². The van der Waals surface area contributed by atoms with Crippen molar-refractivity contribution in [2.24, 2.45) is 0 Å². The Hall–Kier alpha value is -3.77. The average molecular weight is 939 g/mol. The molecule has 57 heavy (non-hydrogen) atoms. The lowest BCUT2D eigenvalue weighted by atomic mass is 9.93. The van der Waals surface area contributed by atoms with E-state index in [1.807, 2.05) is 0 Å². The summed E-state index contributed by atoms with van der Waals surface area (Å²) in [7, 11) is 0.944. The lowest BCUT2D eigenvalue weighted by Gasteiger charge is -2.26. The van der Waals surface area contributed by atoms with Crippen LogP contribution in [-0.2, 0) is 31.1 Å². The highest BCUT2D eigenvalue weighted by molar-refractivity contribution is 6.35. The van der Waals surface area contributed by atoms with Gasteiger partial charge in [0.1, 0.15) is 6.61 Å². The fraction of sp³-hybridized carbons (Fsp3) is 0.235. The van der Waals surface area contributed by atoms with E-state index in [9.17, 15) is 64.4 Å². The zero-order valence-electron chi connectivity index (χ0n) is 27.5. The van der Waals surface area contributed by atoms with Crippen LogP contribution in [0.25, 0.3) is 0 Å². The molecule has 0 aliphatic carbocycles. The molecule has 0 radical (unpaired) electrons. The average Bonchev–Trinajstić information content (AvgIpc) is 3.06. The molecule has 0 aliphatic rings. The van der Waals surface area contributed by atoms with Crippen molar-refractivity contribution in [2.45, 2.75) is 35.3 Å². The first-order chi connectivity index (χ1) is 25.9. The molecule has 3 aromatic rings. The van der Waals surface area contributed by atoms with Gasteiger partial charge in [0.05, 0.1) is 7.11 Å². The molecule has 0 fully saturated rings. The quantitative estimate of drug-likeness (QED) is 0.0762. The molecule has 3 aromatic carbocycles. The van der Waals surface area contributed by atoms with E-state index in [1.54, 1.807) is 17.8 Å². The van der Waals surface area contributed by atoms with Crippen molar-refractivity contribution in [3.05, 3.63) is 101 Å². The van der Waals surface area contributed by atoms with Gasteiger partial charge in [-0.25, -0.2) is 9.59 Å². The molecule has 23 heteroatoms. The molecule has 3 rings (SSSR count). The number of carboxylic acid groups (broad SMARTS) is 1. The summed E-state index contributed by atoms with van der Waals surface area (Å²) < 4.78 is 120. The number of alkyl halides is 9. The summed E-state index contributed by atoms with van der Waals surface area (Å²) in [6.45, 7) is -0.813. The summed E-state index contributed by atoms with van der Waals surface area (Å²) in [5.74, 6) is 5.83. The Kier molecular flexibility index (Phi) is 18.2. The van der Waals surface area contributed by atoms with Crippen molar-refractivity contribution >= 4 is 81.5 Å². The third-order valence-corrected chi connectivity index (χ3v) is 7.61. The van der Waals surface area contributed by atoms with Crippen LogP contribution in [0.5, 0.6) is 0 Å². The SMILES string of the molecule is COC(=O)C#CC(O)(c1cc(Cl)cc(Cl)c1)C(F)(F)F.O=C(O)C#CC(O)(c1cc(Cl)cc(Cl)c1)C(F)(F)F.OCC#CC(O)(c1cc(Cl)cc(Cl)c1)C(F)(F)F. The first-order valence-electron chi connectivity index (χ1n) is 14.1. The molecule has 0 bridgehead atoms. The van der Waals surface area contributed by atoms with Crippen molar-refractivity contribution in [3.8, 4) is 35.5 Å². The predicted octanol–water partition coefficient (Wildman–Crippen LogP) is 8.49. The molecule has 0 saturated carbocycles. The maximum atomic E-state index is 13.0. The first kappa shape index (κ1) is 51.2. The number of ether oxygens (including phenoxy) is 1. The maximum Gasteiger partial charge on any atom is 0.433 e. The van der Waals surface area contributed by atoms with Crippen LogP contribution in [0.15, 0.2) is 54.6 Å². The third-order valence-electron chi connectivity index (χ3n) is 6.30. The predicted molar refractivity (Wildman–Crippen MR) is 189 cm³/mol. The number of aliphatic carboxylic acids is 1. The number of rotatable bonds is 3. The second kappa shape index (κ2) is 20.3. The van der Waals surface area contributed by atoms with Gasteiger partial charge in [-0.15, -0.1) is 0 Å². The van der Waals surface area contributed by atoms with Crippen LogP contribution in [-0.4, -0.2) is 69.7 Å². The van der Waals surface area contributed by atoms with Gasteiger partial charge in [-0.2, -0.15) is 39.5 Å². The van der Waals surface area contributed by atoms with E-state index < -0.39 is 70.6 Å². The molecule has 0 aromatic heterocycles. The number of hydrogen-bond acceptors (Lipinski definition) is 7. The highest BCUT2D eigenvalue weighted by Gasteiger charge is 2.56. The van der Waals surface area contributed by atoms with E-state index in [0.29, 0.717) is 0 Å². The Morgan fingerprint density at radius 2 is 0.807 bits per heavy atom. The van der Waals surface area contributed by atoms with E-state index >= 15 is 0 Å². The number of aliphatic hydroxyl groups excluding tert-OH is 1. The molecule has 5 N–H and O–H groups in total. The molecule has 3 atom stereocenters. The summed E-state index contributed by atoms with van der Waals surface area (Å²) in [4.78, 5) is 21.1. The second-order valence-electron chi connectivity index (χ2n) is 10.4. The molecular weight excluding hydrogens is 920 g/mol. The zero-order valence-corrected chi connectivity index (χ0v) is 32.1. The van der Waals surface area contributed by atoms with Gasteiger partial charge in [-0.1, -0.05) is 81.4 Å². The number of carbonyl (C=O) groups excluding carboxylic acids is 1. The molecule has 0 saturated heterocycles. The van der Waals surface area contributed by atoms with Crippen LogP contribution >= 0.6 is 69.6 Å².